The van der Waals surface area contributed by atoms with E-state index in [0.29, 0.717) is 19.4 Å². The molecule has 5 nitrogen and oxygen atoms in total. The molecule has 0 amide bonds. The molecule has 0 fully saturated rings. The molecule has 0 aliphatic rings. The van der Waals surface area contributed by atoms with Crippen LogP contribution in [-0.2, 0) is 23.8 Å². The number of carbonyl (C=O) groups is 2. The van der Waals surface area contributed by atoms with Gasteiger partial charge in [-0.3, -0.25) is 9.59 Å². The normalized spacial score (nSPS) is 12.3. The van der Waals surface area contributed by atoms with Gasteiger partial charge in [0.05, 0.1) is 6.61 Å². The highest BCUT2D eigenvalue weighted by atomic mass is 16.6. The molecule has 70 heavy (non-hydrogen) atoms. The van der Waals surface area contributed by atoms with Crippen molar-refractivity contribution in [1.29, 1.82) is 0 Å². The van der Waals surface area contributed by atoms with Crippen LogP contribution in [0, 0.1) is 0 Å². The zero-order valence-corrected chi connectivity index (χ0v) is 47.6. The van der Waals surface area contributed by atoms with Crippen LogP contribution >= 0.6 is 0 Å². The third-order valence-corrected chi connectivity index (χ3v) is 14.1. The number of hydrogen-bond donors (Lipinski definition) is 0. The summed E-state index contributed by atoms with van der Waals surface area (Å²) in [7, 11) is 0. The Balaban J connectivity index is 4.24. The van der Waals surface area contributed by atoms with Crippen LogP contribution in [0.2, 0.25) is 0 Å². The van der Waals surface area contributed by atoms with Gasteiger partial charge in [0, 0.05) is 19.4 Å². The predicted molar refractivity (Wildman–Crippen MR) is 307 cm³/mol. The van der Waals surface area contributed by atoms with Crippen molar-refractivity contribution in [3.63, 3.8) is 0 Å². The number of carbonyl (C=O) groups excluding carboxylic acids is 2. The topological polar surface area (TPSA) is 61.8 Å². The predicted octanol–water partition coefficient (Wildman–Crippen LogP) is 21.7. The molecule has 0 aliphatic carbocycles. The molecule has 5 heteroatoms. The van der Waals surface area contributed by atoms with E-state index in [9.17, 15) is 9.59 Å². The molecule has 0 rings (SSSR count). The average Bonchev–Trinajstić information content (AvgIpc) is 3.36. The van der Waals surface area contributed by atoms with Gasteiger partial charge in [0.25, 0.3) is 0 Å². The van der Waals surface area contributed by atoms with Gasteiger partial charge < -0.3 is 14.2 Å². The third kappa shape index (κ3) is 58.7. The molecule has 1 unspecified atom stereocenters. The van der Waals surface area contributed by atoms with Crippen molar-refractivity contribution >= 4 is 11.9 Å². The molecular weight excluding hydrogens is 861 g/mol. The average molecular weight is 984 g/mol. The van der Waals surface area contributed by atoms with Crippen molar-refractivity contribution in [3.8, 4) is 0 Å². The van der Waals surface area contributed by atoms with Gasteiger partial charge in [0.1, 0.15) is 6.61 Å². The van der Waals surface area contributed by atoms with E-state index in [1.54, 1.807) is 0 Å². The smallest absolute Gasteiger partial charge is 0.306 e. The molecular formula is C65H122O5. The van der Waals surface area contributed by atoms with E-state index in [2.05, 4.69) is 57.2 Å². The Bertz CT molecular complexity index is 1110. The van der Waals surface area contributed by atoms with Crippen LogP contribution in [0.4, 0.5) is 0 Å². The standard InChI is InChI=1S/C65H122O5/c1-4-7-10-13-16-19-22-25-28-31-33-35-37-40-43-46-49-52-55-58-64(66)69-62-63(61-68-60-57-54-51-48-45-42-39-36-32-29-26-23-20-17-14-11-8-5-2)70-65(67)59-56-53-50-47-44-41-38-34-30-27-24-21-18-15-12-9-6-3/h18,21,26-27,29-30,63H,4-17,19-20,22-25,28,31-62H2,1-3H3/b21-18-,29-26-,30-27-. The lowest BCUT2D eigenvalue weighted by Crippen LogP contribution is -2.30. The van der Waals surface area contributed by atoms with Crippen molar-refractivity contribution < 1.29 is 23.8 Å². The minimum atomic E-state index is -0.539. The van der Waals surface area contributed by atoms with Crippen LogP contribution in [0.25, 0.3) is 0 Å². The fourth-order valence-corrected chi connectivity index (χ4v) is 9.42. The van der Waals surface area contributed by atoms with E-state index < -0.39 is 6.10 Å². The Morgan fingerprint density at radius 1 is 0.314 bits per heavy atom. The Morgan fingerprint density at radius 2 is 0.600 bits per heavy atom. The molecule has 0 saturated heterocycles. The first-order chi connectivity index (χ1) is 34.6. The summed E-state index contributed by atoms with van der Waals surface area (Å²) < 4.78 is 17.5. The highest BCUT2D eigenvalue weighted by molar-refractivity contribution is 5.70. The molecule has 0 saturated carbocycles. The minimum absolute atomic E-state index is 0.0869. The van der Waals surface area contributed by atoms with Gasteiger partial charge in [0.2, 0.25) is 0 Å². The van der Waals surface area contributed by atoms with Crippen molar-refractivity contribution in [3.05, 3.63) is 36.5 Å². The third-order valence-electron chi connectivity index (χ3n) is 14.1. The summed E-state index contributed by atoms with van der Waals surface area (Å²) in [6.07, 6.45) is 76.0. The Labute approximate surface area is 438 Å². The number of esters is 2. The highest BCUT2D eigenvalue weighted by Gasteiger charge is 2.18. The van der Waals surface area contributed by atoms with Crippen LogP contribution in [-0.4, -0.2) is 37.9 Å². The molecule has 1 atom stereocenters. The van der Waals surface area contributed by atoms with Crippen molar-refractivity contribution in [1.82, 2.24) is 0 Å². The maximum absolute atomic E-state index is 12.9. The first-order valence-electron chi connectivity index (χ1n) is 31.5. The molecule has 0 heterocycles. The summed E-state index contributed by atoms with van der Waals surface area (Å²) in [4.78, 5) is 25.6. The van der Waals surface area contributed by atoms with Crippen molar-refractivity contribution in [2.45, 2.75) is 348 Å². The van der Waals surface area contributed by atoms with Gasteiger partial charge >= 0.3 is 11.9 Å². The molecule has 0 aliphatic heterocycles. The van der Waals surface area contributed by atoms with Crippen molar-refractivity contribution in [2.24, 2.45) is 0 Å². The van der Waals surface area contributed by atoms with Crippen LogP contribution < -0.4 is 0 Å². The second-order valence-corrected chi connectivity index (χ2v) is 21.3. The van der Waals surface area contributed by atoms with Crippen LogP contribution in [0.15, 0.2) is 36.5 Å². The summed E-state index contributed by atoms with van der Waals surface area (Å²) in [5.74, 6) is -0.385. The number of unbranched alkanes of at least 4 members (excludes halogenated alkanes) is 42. The summed E-state index contributed by atoms with van der Waals surface area (Å²) in [6.45, 7) is 7.86. The van der Waals surface area contributed by atoms with Crippen LogP contribution in [0.5, 0.6) is 0 Å². The van der Waals surface area contributed by atoms with E-state index in [-0.39, 0.29) is 25.2 Å². The Morgan fingerprint density at radius 3 is 0.986 bits per heavy atom. The Hall–Kier alpha value is -1.88. The zero-order valence-electron chi connectivity index (χ0n) is 47.6. The first-order valence-corrected chi connectivity index (χ1v) is 31.5. The quantitative estimate of drug-likeness (QED) is 0.0345. The molecule has 0 aromatic heterocycles. The lowest BCUT2D eigenvalue weighted by molar-refractivity contribution is -0.163. The fraction of sp³-hybridized carbons (Fsp3) is 0.877. The van der Waals surface area contributed by atoms with Gasteiger partial charge in [-0.15, -0.1) is 0 Å². The number of ether oxygens (including phenoxy) is 3. The van der Waals surface area contributed by atoms with E-state index >= 15 is 0 Å². The van der Waals surface area contributed by atoms with Gasteiger partial charge in [-0.2, -0.15) is 0 Å². The monoisotopic (exact) mass is 983 g/mol. The van der Waals surface area contributed by atoms with Crippen LogP contribution in [0.1, 0.15) is 342 Å². The summed E-state index contributed by atoms with van der Waals surface area (Å²) >= 11 is 0. The molecule has 0 aromatic rings. The maximum atomic E-state index is 12.9. The van der Waals surface area contributed by atoms with Crippen LogP contribution in [0.3, 0.4) is 0 Å². The minimum Gasteiger partial charge on any atom is -0.462 e. The molecule has 0 bridgehead atoms. The summed E-state index contributed by atoms with van der Waals surface area (Å²) in [5.41, 5.74) is 0. The number of allylic oxidation sites excluding steroid dienone is 6. The largest absolute Gasteiger partial charge is 0.462 e. The first kappa shape index (κ1) is 68.1. The molecule has 0 radical (unpaired) electrons. The maximum Gasteiger partial charge on any atom is 0.306 e. The zero-order chi connectivity index (χ0) is 50.6. The van der Waals surface area contributed by atoms with Crippen molar-refractivity contribution in [2.75, 3.05) is 19.8 Å². The molecule has 0 aromatic carbocycles. The number of rotatable bonds is 59. The van der Waals surface area contributed by atoms with E-state index in [4.69, 9.17) is 14.2 Å². The SMILES string of the molecule is CCCCC/C=C\C/C=C\CCCCCCCCCC(=O)OC(COCCCCCCCCCC/C=C\CCCCCCCC)COC(=O)CCCCCCCCCCCCCCCCCCCCC. The van der Waals surface area contributed by atoms with Gasteiger partial charge in [0.15, 0.2) is 6.10 Å². The second kappa shape index (κ2) is 61.4. The Kier molecular flexibility index (Phi) is 59.8. The lowest BCUT2D eigenvalue weighted by Gasteiger charge is -2.18. The molecule has 412 valence electrons. The summed E-state index contributed by atoms with van der Waals surface area (Å²) in [5, 5.41) is 0. The van der Waals surface area contributed by atoms with E-state index in [1.165, 1.54) is 257 Å². The van der Waals surface area contributed by atoms with Gasteiger partial charge in [-0.05, 0) is 77.0 Å². The number of hydrogen-bond acceptors (Lipinski definition) is 5. The van der Waals surface area contributed by atoms with Gasteiger partial charge in [-0.1, -0.05) is 288 Å². The lowest BCUT2D eigenvalue weighted by atomic mass is 10.0. The van der Waals surface area contributed by atoms with E-state index in [0.717, 1.165) is 51.4 Å². The van der Waals surface area contributed by atoms with E-state index in [1.807, 2.05) is 0 Å². The highest BCUT2D eigenvalue weighted by Crippen LogP contribution is 2.17. The molecule has 0 spiro atoms. The summed E-state index contributed by atoms with van der Waals surface area (Å²) in [6, 6.07) is 0. The second-order valence-electron chi connectivity index (χ2n) is 21.3. The fourth-order valence-electron chi connectivity index (χ4n) is 9.42. The van der Waals surface area contributed by atoms with Gasteiger partial charge in [-0.25, -0.2) is 0 Å². The molecule has 0 N–H and O–H groups in total.